The van der Waals surface area contributed by atoms with Gasteiger partial charge >= 0.3 is 0 Å². The summed E-state index contributed by atoms with van der Waals surface area (Å²) >= 11 is 0. The van der Waals surface area contributed by atoms with Crippen molar-refractivity contribution in [2.75, 3.05) is 0 Å². The van der Waals surface area contributed by atoms with Gasteiger partial charge in [-0.1, -0.05) is 49.3 Å². The van der Waals surface area contributed by atoms with Gasteiger partial charge < -0.3 is 9.84 Å². The maximum atomic E-state index is 10.1. The van der Waals surface area contributed by atoms with Gasteiger partial charge in [0.2, 0.25) is 0 Å². The van der Waals surface area contributed by atoms with Crippen molar-refractivity contribution in [1.82, 2.24) is 0 Å². The van der Waals surface area contributed by atoms with Gasteiger partial charge in [0.05, 0.1) is 0 Å². The third-order valence-electron chi connectivity index (χ3n) is 6.23. The molecule has 0 saturated heterocycles. The van der Waals surface area contributed by atoms with Gasteiger partial charge in [0.15, 0.2) is 0 Å². The molecule has 0 radical (unpaired) electrons. The molecule has 1 aliphatic heterocycles. The van der Waals surface area contributed by atoms with Crippen molar-refractivity contribution in [3.63, 3.8) is 0 Å². The van der Waals surface area contributed by atoms with Gasteiger partial charge in [0.25, 0.3) is 0 Å². The molecule has 0 bridgehead atoms. The summed E-state index contributed by atoms with van der Waals surface area (Å²) in [6, 6.07) is 1.83. The fourth-order valence-corrected chi connectivity index (χ4v) is 4.13. The number of hydrogen-bond donors (Lipinski definition) is 1. The first kappa shape index (κ1) is 24.3. The molecule has 0 saturated carbocycles. The Morgan fingerprint density at radius 3 is 2.57 bits per heavy atom. The van der Waals surface area contributed by atoms with Gasteiger partial charge in [-0.25, -0.2) is 0 Å². The maximum absolute atomic E-state index is 10.1. The summed E-state index contributed by atoms with van der Waals surface area (Å²) in [5, 5.41) is 10.1. The highest BCUT2D eigenvalue weighted by Crippen LogP contribution is 2.42. The van der Waals surface area contributed by atoms with Crippen molar-refractivity contribution in [3.8, 4) is 11.5 Å². The quantitative estimate of drug-likeness (QED) is 0.416. The second kappa shape index (κ2) is 10.9. The summed E-state index contributed by atoms with van der Waals surface area (Å²) in [6.45, 7) is 15.2. The number of allylic oxidation sites excluding steroid dienone is 6. The Balaban J connectivity index is 1.84. The van der Waals surface area contributed by atoms with E-state index >= 15 is 0 Å². The average Bonchev–Trinajstić information content (AvgIpc) is 2.66. The Bertz CT molecular complexity index is 810. The Hall–Kier alpha value is -1.96. The molecule has 2 rings (SSSR count). The van der Waals surface area contributed by atoms with Gasteiger partial charge in [-0.2, -0.15) is 0 Å². The summed E-state index contributed by atoms with van der Waals surface area (Å²) in [4.78, 5) is 0. The largest absolute Gasteiger partial charge is 0.508 e. The van der Waals surface area contributed by atoms with E-state index in [0.29, 0.717) is 11.7 Å². The molecule has 1 N–H and O–H groups in total. The van der Waals surface area contributed by atoms with Gasteiger partial charge in [-0.05, 0) is 103 Å². The molecule has 1 atom stereocenters. The normalized spacial score (nSPS) is 20.0. The number of benzene rings is 1. The van der Waals surface area contributed by atoms with Crippen LogP contribution in [-0.4, -0.2) is 10.7 Å². The minimum absolute atomic E-state index is 0.128. The number of phenols is 1. The monoisotopic (exact) mass is 410 g/mol. The molecule has 0 aromatic heterocycles. The lowest BCUT2D eigenvalue weighted by Gasteiger charge is -2.37. The second-order valence-electron chi connectivity index (χ2n) is 9.75. The predicted octanol–water partition coefficient (Wildman–Crippen LogP) is 8.15. The number of fused-ring (bicyclic) bond motifs is 1. The molecule has 1 aliphatic rings. The molecule has 2 nitrogen and oxygen atoms in total. The lowest BCUT2D eigenvalue weighted by molar-refractivity contribution is 0.0559. The number of rotatable bonds is 9. The van der Waals surface area contributed by atoms with Crippen LogP contribution < -0.4 is 4.74 Å². The first-order valence-corrected chi connectivity index (χ1v) is 11.6. The van der Waals surface area contributed by atoms with E-state index in [-0.39, 0.29) is 5.60 Å². The molecule has 30 heavy (non-hydrogen) atoms. The summed E-state index contributed by atoms with van der Waals surface area (Å²) in [7, 11) is 0. The zero-order valence-corrected chi connectivity index (χ0v) is 20.3. The molecular formula is C28H42O2. The van der Waals surface area contributed by atoms with E-state index in [1.807, 2.05) is 19.9 Å². The van der Waals surface area contributed by atoms with Crippen molar-refractivity contribution < 1.29 is 9.84 Å². The summed E-state index contributed by atoms with van der Waals surface area (Å²) in [6.07, 6.45) is 16.7. The van der Waals surface area contributed by atoms with Gasteiger partial charge in [0.1, 0.15) is 17.1 Å². The third-order valence-corrected chi connectivity index (χ3v) is 6.23. The molecule has 1 aromatic carbocycles. The molecule has 0 spiro atoms. The van der Waals surface area contributed by atoms with Crippen LogP contribution in [0.5, 0.6) is 11.5 Å². The topological polar surface area (TPSA) is 29.5 Å². The predicted molar refractivity (Wildman–Crippen MR) is 130 cm³/mol. The summed E-state index contributed by atoms with van der Waals surface area (Å²) in [5.74, 6) is 2.01. The van der Waals surface area contributed by atoms with Crippen molar-refractivity contribution in [1.29, 1.82) is 0 Å². The SMILES string of the molecule is C/C(=C\CC/C(C)=C/CCC1(C)CCc2c(C)c(O)cc(C)c2O1)C/C=C/C(C)C. The van der Waals surface area contributed by atoms with E-state index < -0.39 is 0 Å². The molecule has 0 fully saturated rings. The Morgan fingerprint density at radius 1 is 1.17 bits per heavy atom. The van der Waals surface area contributed by atoms with Crippen molar-refractivity contribution in [2.45, 2.75) is 99.0 Å². The van der Waals surface area contributed by atoms with Crippen LogP contribution in [0.3, 0.4) is 0 Å². The molecule has 166 valence electrons. The van der Waals surface area contributed by atoms with Crippen LogP contribution in [-0.2, 0) is 6.42 Å². The number of hydrogen-bond acceptors (Lipinski definition) is 2. The van der Waals surface area contributed by atoms with E-state index in [0.717, 1.165) is 61.8 Å². The molecular weight excluding hydrogens is 368 g/mol. The molecule has 1 aromatic rings. The van der Waals surface area contributed by atoms with Crippen molar-refractivity contribution >= 4 is 0 Å². The fraction of sp³-hybridized carbons (Fsp3) is 0.571. The van der Waals surface area contributed by atoms with Gasteiger partial charge in [-0.15, -0.1) is 0 Å². The van der Waals surface area contributed by atoms with Crippen LogP contribution in [0.2, 0.25) is 0 Å². The first-order valence-electron chi connectivity index (χ1n) is 11.6. The Labute approximate surface area is 184 Å². The Kier molecular flexibility index (Phi) is 8.82. The first-order chi connectivity index (χ1) is 14.1. The Morgan fingerprint density at radius 2 is 1.87 bits per heavy atom. The maximum Gasteiger partial charge on any atom is 0.126 e. The molecule has 1 unspecified atom stereocenters. The summed E-state index contributed by atoms with van der Waals surface area (Å²) < 4.78 is 6.48. The second-order valence-corrected chi connectivity index (χ2v) is 9.75. The van der Waals surface area contributed by atoms with E-state index in [4.69, 9.17) is 4.74 Å². The van der Waals surface area contributed by atoms with Crippen molar-refractivity contribution in [2.24, 2.45) is 5.92 Å². The highest BCUT2D eigenvalue weighted by Gasteiger charge is 2.33. The van der Waals surface area contributed by atoms with Gasteiger partial charge in [-0.3, -0.25) is 0 Å². The highest BCUT2D eigenvalue weighted by molar-refractivity contribution is 5.53. The number of phenolic OH excluding ortho intramolecular Hbond substituents is 1. The molecule has 1 heterocycles. The number of aromatic hydroxyl groups is 1. The zero-order chi connectivity index (χ0) is 22.3. The molecule has 2 heteroatoms. The number of ether oxygens (including phenoxy) is 1. The van der Waals surface area contributed by atoms with Crippen LogP contribution in [0.15, 0.2) is 41.5 Å². The van der Waals surface area contributed by atoms with Crippen LogP contribution in [0.25, 0.3) is 0 Å². The highest BCUT2D eigenvalue weighted by atomic mass is 16.5. The molecule has 0 amide bonds. The van der Waals surface area contributed by atoms with Crippen LogP contribution >= 0.6 is 0 Å². The minimum atomic E-state index is -0.128. The standard InChI is InChI=1S/C28H42O2/c1-20(2)11-8-12-21(3)13-9-14-22(4)15-10-17-28(7)18-16-25-24(6)26(29)19-23(5)27(25)30-28/h8,11,13,15,19-20,29H,9-10,12,14,16-18H2,1-7H3/b11-8+,21-13+,22-15+. The van der Waals surface area contributed by atoms with Crippen LogP contribution in [0, 0.1) is 19.8 Å². The summed E-state index contributed by atoms with van der Waals surface area (Å²) in [5.41, 5.74) is 5.98. The van der Waals surface area contributed by atoms with Crippen LogP contribution in [0.1, 0.15) is 89.8 Å². The van der Waals surface area contributed by atoms with E-state index in [1.165, 1.54) is 16.7 Å². The lowest BCUT2D eigenvalue weighted by atomic mass is 9.86. The van der Waals surface area contributed by atoms with E-state index in [2.05, 4.69) is 58.9 Å². The molecule has 0 aliphatic carbocycles. The number of aryl methyl sites for hydroxylation is 1. The van der Waals surface area contributed by atoms with Gasteiger partial charge in [0, 0.05) is 5.56 Å². The lowest BCUT2D eigenvalue weighted by Crippen LogP contribution is -2.36. The van der Waals surface area contributed by atoms with Crippen LogP contribution in [0.4, 0.5) is 0 Å². The smallest absolute Gasteiger partial charge is 0.126 e. The van der Waals surface area contributed by atoms with E-state index in [1.54, 1.807) is 0 Å². The average molecular weight is 411 g/mol. The van der Waals surface area contributed by atoms with E-state index in [9.17, 15) is 5.11 Å². The zero-order valence-electron chi connectivity index (χ0n) is 20.3. The van der Waals surface area contributed by atoms with Crippen molar-refractivity contribution in [3.05, 3.63) is 58.2 Å². The third kappa shape index (κ3) is 7.07. The fourth-order valence-electron chi connectivity index (χ4n) is 4.13. The minimum Gasteiger partial charge on any atom is -0.508 e.